The Kier molecular flexibility index (Phi) is 24.6. The highest BCUT2D eigenvalue weighted by Crippen LogP contribution is 2.37. The first kappa shape index (κ1) is 38.0. The molecule has 4 heteroatoms. The van der Waals surface area contributed by atoms with Crippen LogP contribution in [0.3, 0.4) is 0 Å². The van der Waals surface area contributed by atoms with Gasteiger partial charge in [0, 0.05) is 13.7 Å². The fraction of sp³-hybridized carbons (Fsp3) is 0.667. The van der Waals surface area contributed by atoms with Gasteiger partial charge in [-0.2, -0.15) is 0 Å². The van der Waals surface area contributed by atoms with Crippen LogP contribution in [0.25, 0.3) is 0 Å². The lowest BCUT2D eigenvalue weighted by Crippen LogP contribution is -2.18. The first-order valence-corrected chi connectivity index (χ1v) is 15.7. The molecule has 0 amide bonds. The van der Waals surface area contributed by atoms with Crippen LogP contribution in [0.5, 0.6) is 0 Å². The number of methoxy groups -OCH3 is 1. The summed E-state index contributed by atoms with van der Waals surface area (Å²) >= 11 is 0. The van der Waals surface area contributed by atoms with Crippen molar-refractivity contribution in [3.63, 3.8) is 0 Å². The minimum absolute atomic E-state index is 0.131. The van der Waals surface area contributed by atoms with Gasteiger partial charge in [-0.1, -0.05) is 101 Å². The van der Waals surface area contributed by atoms with Crippen molar-refractivity contribution >= 4 is 13.1 Å². The fourth-order valence-electron chi connectivity index (χ4n) is 5.59. The van der Waals surface area contributed by atoms with Crippen molar-refractivity contribution < 1.29 is 19.4 Å². The zero-order valence-corrected chi connectivity index (χ0v) is 26.1. The first-order valence-electron chi connectivity index (χ1n) is 15.7. The van der Waals surface area contributed by atoms with Crippen LogP contribution in [0.4, 0.5) is 0 Å². The molecule has 1 fully saturated rings. The second-order valence-electron chi connectivity index (χ2n) is 11.7. The minimum atomic E-state index is 0.131. The Labute approximate surface area is 246 Å². The average molecular weight is 557 g/mol. The first-order chi connectivity index (χ1) is 19.4. The molecule has 1 aromatic carbocycles. The number of aliphatic hydroxyl groups excluding tert-OH is 1. The maximum atomic E-state index is 9.41. The predicted octanol–water partition coefficient (Wildman–Crippen LogP) is 8.89. The largest absolute Gasteiger partial charge is 0.392 e. The molecule has 2 rings (SSSR count). The highest BCUT2D eigenvalue weighted by Gasteiger charge is 2.23. The van der Waals surface area contributed by atoms with Gasteiger partial charge in [0.2, 0.25) is 0 Å². The van der Waals surface area contributed by atoms with Gasteiger partial charge in [0.25, 0.3) is 0 Å². The summed E-state index contributed by atoms with van der Waals surface area (Å²) in [4.78, 5) is 17.4. The maximum Gasteiger partial charge on any atom is 0.145 e. The van der Waals surface area contributed by atoms with Crippen molar-refractivity contribution in [2.75, 3.05) is 20.3 Å². The van der Waals surface area contributed by atoms with E-state index in [0.717, 1.165) is 49.6 Å². The number of aliphatic hydroxyl groups is 1. The number of hydrogen-bond donors (Lipinski definition) is 1. The summed E-state index contributed by atoms with van der Waals surface area (Å²) in [6.45, 7) is 14.2. The third kappa shape index (κ3) is 19.9. The van der Waals surface area contributed by atoms with E-state index in [-0.39, 0.29) is 6.61 Å². The van der Waals surface area contributed by atoms with E-state index in [4.69, 9.17) is 9.53 Å². The van der Waals surface area contributed by atoms with E-state index in [2.05, 4.69) is 44.3 Å². The standard InChI is InChI=1S/C31H52O2.C4H6O.CH2O/c1-4-5-6-9-27-14-16-28(17-15-27)10-7-8-11-29-18-20-30(21-19-29)24-31(22-23-33-3)13-12-26(2)25-32;1-4(2)3-5;1-2/h14-17,29-32H,2,4-13,18-25H2,1,3H3;3H,1H2,2H3;1H2. The number of carbonyl (C=O) groups excluding carboxylic acids is 2. The highest BCUT2D eigenvalue weighted by atomic mass is 16.5. The molecule has 1 N–H and O–H groups in total. The predicted molar refractivity (Wildman–Crippen MR) is 171 cm³/mol. The van der Waals surface area contributed by atoms with Gasteiger partial charge in [0.05, 0.1) is 6.61 Å². The molecule has 1 saturated carbocycles. The van der Waals surface area contributed by atoms with E-state index < -0.39 is 0 Å². The SMILES string of the molecule is C=C(C)C=O.C=C(CO)CCC(CCOC)CC1CCC(CCCCc2ccc(CCCCC)cc2)CC1.C=O. The van der Waals surface area contributed by atoms with Crippen molar-refractivity contribution in [1.82, 2.24) is 0 Å². The quantitative estimate of drug-likeness (QED) is 0.0800. The number of benzene rings is 1. The molecular weight excluding hydrogens is 496 g/mol. The summed E-state index contributed by atoms with van der Waals surface area (Å²) in [5, 5.41) is 9.25. The maximum absolute atomic E-state index is 9.41. The molecule has 4 nitrogen and oxygen atoms in total. The lowest BCUT2D eigenvalue weighted by atomic mass is 9.75. The Morgan fingerprint density at radius 1 is 0.950 bits per heavy atom. The molecule has 0 saturated heterocycles. The number of allylic oxidation sites excluding steroid dienone is 1. The molecular formula is C36H60O4. The number of aldehydes is 1. The summed E-state index contributed by atoms with van der Waals surface area (Å²) in [6.07, 6.45) is 21.6. The van der Waals surface area contributed by atoms with Crippen LogP contribution in [0.1, 0.15) is 115 Å². The number of aryl methyl sites for hydroxylation is 2. The van der Waals surface area contributed by atoms with E-state index in [0.29, 0.717) is 11.5 Å². The number of ether oxygens (including phenoxy) is 1. The molecule has 0 bridgehead atoms. The Morgan fingerprint density at radius 3 is 1.95 bits per heavy atom. The molecule has 40 heavy (non-hydrogen) atoms. The third-order valence-electron chi connectivity index (χ3n) is 8.11. The van der Waals surface area contributed by atoms with Crippen LogP contribution in [-0.2, 0) is 27.2 Å². The Hall–Kier alpha value is -2.04. The lowest BCUT2D eigenvalue weighted by molar-refractivity contribution is -0.104. The van der Waals surface area contributed by atoms with E-state index in [1.54, 1.807) is 14.0 Å². The molecule has 1 atom stereocenters. The van der Waals surface area contributed by atoms with Crippen molar-refractivity contribution in [3.05, 3.63) is 59.7 Å². The molecule has 228 valence electrons. The van der Waals surface area contributed by atoms with Gasteiger partial charge >= 0.3 is 0 Å². The third-order valence-corrected chi connectivity index (χ3v) is 8.11. The van der Waals surface area contributed by atoms with Gasteiger partial charge in [-0.05, 0) is 92.7 Å². The van der Waals surface area contributed by atoms with Gasteiger partial charge < -0.3 is 14.6 Å². The molecule has 1 aliphatic rings. The van der Waals surface area contributed by atoms with Crippen LogP contribution in [0, 0.1) is 17.8 Å². The van der Waals surface area contributed by atoms with Gasteiger partial charge in [0.1, 0.15) is 13.1 Å². The summed E-state index contributed by atoms with van der Waals surface area (Å²) in [7, 11) is 1.80. The molecule has 1 aliphatic carbocycles. The van der Waals surface area contributed by atoms with E-state index in [1.807, 2.05) is 6.79 Å². The molecule has 0 radical (unpaired) electrons. The van der Waals surface area contributed by atoms with Crippen LogP contribution in [0.2, 0.25) is 0 Å². The van der Waals surface area contributed by atoms with Gasteiger partial charge in [-0.3, -0.25) is 4.79 Å². The van der Waals surface area contributed by atoms with Crippen LogP contribution >= 0.6 is 0 Å². The molecule has 0 aliphatic heterocycles. The van der Waals surface area contributed by atoms with Crippen molar-refractivity contribution in [1.29, 1.82) is 0 Å². The number of carbonyl (C=O) groups is 2. The number of hydrogen-bond acceptors (Lipinski definition) is 4. The van der Waals surface area contributed by atoms with Crippen molar-refractivity contribution in [2.24, 2.45) is 17.8 Å². The zero-order chi connectivity index (χ0) is 30.0. The van der Waals surface area contributed by atoms with Crippen LogP contribution < -0.4 is 0 Å². The number of rotatable bonds is 19. The Bertz CT molecular complexity index is 762. The van der Waals surface area contributed by atoms with E-state index in [9.17, 15) is 9.90 Å². The highest BCUT2D eigenvalue weighted by molar-refractivity contribution is 5.70. The van der Waals surface area contributed by atoms with E-state index >= 15 is 0 Å². The fourth-order valence-corrected chi connectivity index (χ4v) is 5.59. The van der Waals surface area contributed by atoms with E-state index in [1.165, 1.54) is 94.6 Å². The molecule has 0 aromatic heterocycles. The summed E-state index contributed by atoms with van der Waals surface area (Å²) in [5.74, 6) is 2.56. The molecule has 1 unspecified atom stereocenters. The summed E-state index contributed by atoms with van der Waals surface area (Å²) in [6, 6.07) is 9.43. The van der Waals surface area contributed by atoms with Crippen LogP contribution in [-0.4, -0.2) is 38.5 Å². The Balaban J connectivity index is 0.00000195. The second-order valence-corrected chi connectivity index (χ2v) is 11.7. The normalized spacial score (nSPS) is 17.0. The van der Waals surface area contributed by atoms with Gasteiger partial charge in [0.15, 0.2) is 0 Å². The lowest BCUT2D eigenvalue weighted by Gasteiger charge is -2.31. The second kappa shape index (κ2) is 25.9. The molecule has 0 heterocycles. The minimum Gasteiger partial charge on any atom is -0.392 e. The average Bonchev–Trinajstić information content (AvgIpc) is 2.99. The van der Waals surface area contributed by atoms with Crippen LogP contribution in [0.15, 0.2) is 48.6 Å². The zero-order valence-electron chi connectivity index (χ0n) is 26.1. The molecule has 0 spiro atoms. The molecule has 1 aromatic rings. The van der Waals surface area contributed by atoms with Gasteiger partial charge in [-0.25, -0.2) is 0 Å². The Morgan fingerprint density at radius 2 is 1.48 bits per heavy atom. The summed E-state index contributed by atoms with van der Waals surface area (Å²) < 4.78 is 5.35. The number of unbranched alkanes of at least 4 members (excludes halogenated alkanes) is 3. The van der Waals surface area contributed by atoms with Crippen molar-refractivity contribution in [3.8, 4) is 0 Å². The monoisotopic (exact) mass is 556 g/mol. The summed E-state index contributed by atoms with van der Waals surface area (Å²) in [5.41, 5.74) is 4.57. The van der Waals surface area contributed by atoms with Crippen molar-refractivity contribution in [2.45, 2.75) is 117 Å². The topological polar surface area (TPSA) is 63.6 Å². The smallest absolute Gasteiger partial charge is 0.145 e. The van der Waals surface area contributed by atoms with Gasteiger partial charge in [-0.15, -0.1) is 0 Å².